The van der Waals surface area contributed by atoms with Crippen LogP contribution in [0.2, 0.25) is 0 Å². The Morgan fingerprint density at radius 2 is 2.38 bits per heavy atom. The standard InChI is InChI=1S/C12H17FN2S/c1-15(11-4-5-16-8-11)12-3-2-10(13)6-9(12)7-14/h2-3,6,11H,4-5,7-8,14H2,1H3. The third-order valence-electron chi connectivity index (χ3n) is 3.09. The summed E-state index contributed by atoms with van der Waals surface area (Å²) in [6, 6.07) is 5.43. The van der Waals surface area contributed by atoms with E-state index in [9.17, 15) is 4.39 Å². The molecule has 0 saturated carbocycles. The topological polar surface area (TPSA) is 29.3 Å². The zero-order valence-corrected chi connectivity index (χ0v) is 10.3. The molecule has 0 amide bonds. The van der Waals surface area contributed by atoms with Crippen molar-refractivity contribution in [1.82, 2.24) is 0 Å². The van der Waals surface area contributed by atoms with Crippen molar-refractivity contribution in [2.24, 2.45) is 5.73 Å². The summed E-state index contributed by atoms with van der Waals surface area (Å²) in [4.78, 5) is 2.24. The first-order chi connectivity index (χ1) is 7.72. The van der Waals surface area contributed by atoms with Crippen molar-refractivity contribution in [3.8, 4) is 0 Å². The quantitative estimate of drug-likeness (QED) is 0.878. The number of nitrogens with two attached hydrogens (primary N) is 1. The molecular weight excluding hydrogens is 223 g/mol. The molecule has 1 fully saturated rings. The molecule has 1 aromatic rings. The molecule has 1 heterocycles. The van der Waals surface area contributed by atoms with Gasteiger partial charge in [-0.05, 0) is 35.9 Å². The van der Waals surface area contributed by atoms with Gasteiger partial charge < -0.3 is 10.6 Å². The summed E-state index contributed by atoms with van der Waals surface area (Å²) >= 11 is 1.97. The minimum absolute atomic E-state index is 0.210. The van der Waals surface area contributed by atoms with Crippen LogP contribution in [-0.4, -0.2) is 24.6 Å². The number of rotatable bonds is 3. The fraction of sp³-hybridized carbons (Fsp3) is 0.500. The predicted octanol–water partition coefficient (Wildman–Crippen LogP) is 2.23. The second kappa shape index (κ2) is 5.06. The lowest BCUT2D eigenvalue weighted by Gasteiger charge is -2.28. The SMILES string of the molecule is CN(c1ccc(F)cc1CN)C1CCSC1. The molecule has 1 atom stereocenters. The predicted molar refractivity (Wildman–Crippen MR) is 68.4 cm³/mol. The number of halogens is 1. The lowest BCUT2D eigenvalue weighted by molar-refractivity contribution is 0.623. The van der Waals surface area contributed by atoms with E-state index in [4.69, 9.17) is 5.73 Å². The van der Waals surface area contributed by atoms with E-state index in [0.29, 0.717) is 12.6 Å². The van der Waals surface area contributed by atoms with Gasteiger partial charge in [0.15, 0.2) is 0 Å². The minimum Gasteiger partial charge on any atom is -0.370 e. The molecule has 0 spiro atoms. The average molecular weight is 240 g/mol. The molecule has 1 unspecified atom stereocenters. The van der Waals surface area contributed by atoms with Gasteiger partial charge in [-0.15, -0.1) is 0 Å². The van der Waals surface area contributed by atoms with E-state index in [1.54, 1.807) is 0 Å². The largest absolute Gasteiger partial charge is 0.370 e. The van der Waals surface area contributed by atoms with Crippen molar-refractivity contribution in [2.45, 2.75) is 19.0 Å². The van der Waals surface area contributed by atoms with Crippen LogP contribution in [0.1, 0.15) is 12.0 Å². The lowest BCUT2D eigenvalue weighted by atomic mass is 10.1. The number of nitrogens with zero attached hydrogens (tertiary/aromatic N) is 1. The molecule has 16 heavy (non-hydrogen) atoms. The van der Waals surface area contributed by atoms with Gasteiger partial charge in [-0.1, -0.05) is 0 Å². The minimum atomic E-state index is -0.210. The van der Waals surface area contributed by atoms with Crippen molar-refractivity contribution >= 4 is 17.4 Å². The summed E-state index contributed by atoms with van der Waals surface area (Å²) in [5.74, 6) is 2.16. The summed E-state index contributed by atoms with van der Waals surface area (Å²) in [5.41, 5.74) is 7.61. The molecule has 2 N–H and O–H groups in total. The molecule has 1 saturated heterocycles. The van der Waals surface area contributed by atoms with E-state index in [0.717, 1.165) is 17.0 Å². The van der Waals surface area contributed by atoms with Crippen molar-refractivity contribution in [2.75, 3.05) is 23.5 Å². The molecule has 1 aliphatic heterocycles. The van der Waals surface area contributed by atoms with Crippen LogP contribution in [0.4, 0.5) is 10.1 Å². The van der Waals surface area contributed by atoms with Crippen molar-refractivity contribution < 1.29 is 4.39 Å². The molecule has 0 radical (unpaired) electrons. The Morgan fingerprint density at radius 3 is 3.00 bits per heavy atom. The summed E-state index contributed by atoms with van der Waals surface area (Å²) < 4.78 is 13.1. The first-order valence-electron chi connectivity index (χ1n) is 5.51. The van der Waals surface area contributed by atoms with Crippen LogP contribution in [0.25, 0.3) is 0 Å². The summed E-state index contributed by atoms with van der Waals surface area (Å²) in [5, 5.41) is 0. The maximum atomic E-state index is 13.1. The van der Waals surface area contributed by atoms with Crippen LogP contribution in [0.3, 0.4) is 0 Å². The number of hydrogen-bond donors (Lipinski definition) is 1. The van der Waals surface area contributed by atoms with Gasteiger partial charge in [-0.2, -0.15) is 11.8 Å². The summed E-state index contributed by atoms with van der Waals surface area (Å²) in [6.45, 7) is 0.386. The van der Waals surface area contributed by atoms with Gasteiger partial charge >= 0.3 is 0 Å². The zero-order chi connectivity index (χ0) is 11.5. The first kappa shape index (κ1) is 11.7. The maximum absolute atomic E-state index is 13.1. The van der Waals surface area contributed by atoms with Crippen molar-refractivity contribution in [1.29, 1.82) is 0 Å². The highest BCUT2D eigenvalue weighted by molar-refractivity contribution is 7.99. The number of thioether (sulfide) groups is 1. The number of hydrogen-bond acceptors (Lipinski definition) is 3. The smallest absolute Gasteiger partial charge is 0.123 e. The second-order valence-corrected chi connectivity index (χ2v) is 5.26. The normalized spacial score (nSPS) is 20.1. The molecule has 0 aromatic heterocycles. The number of benzene rings is 1. The molecular formula is C12H17FN2S. The van der Waals surface area contributed by atoms with Crippen LogP contribution in [0.15, 0.2) is 18.2 Å². The fourth-order valence-corrected chi connectivity index (χ4v) is 3.35. The van der Waals surface area contributed by atoms with Gasteiger partial charge in [0, 0.05) is 31.1 Å². The molecule has 0 bridgehead atoms. The summed E-state index contributed by atoms with van der Waals surface area (Å²) in [6.07, 6.45) is 1.20. The number of anilines is 1. The Balaban J connectivity index is 2.24. The Hall–Kier alpha value is -0.740. The Bertz CT molecular complexity index is 364. The Labute approximate surface area is 100 Å². The van der Waals surface area contributed by atoms with Gasteiger partial charge in [0.25, 0.3) is 0 Å². The van der Waals surface area contributed by atoms with Gasteiger partial charge in [0.2, 0.25) is 0 Å². The highest BCUT2D eigenvalue weighted by atomic mass is 32.2. The van der Waals surface area contributed by atoms with E-state index in [1.165, 1.54) is 24.3 Å². The van der Waals surface area contributed by atoms with E-state index in [1.807, 2.05) is 17.8 Å². The maximum Gasteiger partial charge on any atom is 0.123 e. The van der Waals surface area contributed by atoms with Gasteiger partial charge in [0.05, 0.1) is 0 Å². The van der Waals surface area contributed by atoms with Crippen LogP contribution in [0.5, 0.6) is 0 Å². The van der Waals surface area contributed by atoms with E-state index in [-0.39, 0.29) is 5.82 Å². The monoisotopic (exact) mass is 240 g/mol. The van der Waals surface area contributed by atoms with Crippen LogP contribution in [0, 0.1) is 5.82 Å². The molecule has 1 aliphatic rings. The average Bonchev–Trinajstić information content (AvgIpc) is 2.81. The highest BCUT2D eigenvalue weighted by Gasteiger charge is 2.21. The molecule has 4 heteroatoms. The molecule has 0 aliphatic carbocycles. The zero-order valence-electron chi connectivity index (χ0n) is 9.45. The van der Waals surface area contributed by atoms with Crippen molar-refractivity contribution in [3.05, 3.63) is 29.6 Å². The van der Waals surface area contributed by atoms with Crippen LogP contribution in [-0.2, 0) is 6.54 Å². The molecule has 2 rings (SSSR count). The molecule has 2 nitrogen and oxygen atoms in total. The Morgan fingerprint density at radius 1 is 1.56 bits per heavy atom. The molecule has 88 valence electrons. The van der Waals surface area contributed by atoms with E-state index < -0.39 is 0 Å². The van der Waals surface area contributed by atoms with Gasteiger partial charge in [-0.25, -0.2) is 4.39 Å². The first-order valence-corrected chi connectivity index (χ1v) is 6.67. The Kier molecular flexibility index (Phi) is 3.71. The third kappa shape index (κ3) is 2.33. The highest BCUT2D eigenvalue weighted by Crippen LogP contribution is 2.28. The third-order valence-corrected chi connectivity index (χ3v) is 4.24. The lowest BCUT2D eigenvalue weighted by Crippen LogP contribution is -2.32. The van der Waals surface area contributed by atoms with Crippen LogP contribution < -0.4 is 10.6 Å². The summed E-state index contributed by atoms with van der Waals surface area (Å²) in [7, 11) is 2.07. The van der Waals surface area contributed by atoms with Crippen LogP contribution >= 0.6 is 11.8 Å². The van der Waals surface area contributed by atoms with Gasteiger partial charge in [-0.3, -0.25) is 0 Å². The van der Waals surface area contributed by atoms with E-state index in [2.05, 4.69) is 11.9 Å². The molecule has 1 aromatic carbocycles. The fourth-order valence-electron chi connectivity index (χ4n) is 2.09. The van der Waals surface area contributed by atoms with Crippen molar-refractivity contribution in [3.63, 3.8) is 0 Å². The van der Waals surface area contributed by atoms with Gasteiger partial charge in [0.1, 0.15) is 5.82 Å². The van der Waals surface area contributed by atoms with E-state index >= 15 is 0 Å². The second-order valence-electron chi connectivity index (χ2n) is 4.11.